The summed E-state index contributed by atoms with van der Waals surface area (Å²) in [7, 11) is 0. The Morgan fingerprint density at radius 3 is 2.62 bits per heavy atom. The molecule has 0 bridgehead atoms. The smallest absolute Gasteiger partial charge is 0.296 e. The van der Waals surface area contributed by atoms with Crippen LogP contribution in [0.1, 0.15) is 29.2 Å². The lowest BCUT2D eigenvalue weighted by molar-refractivity contribution is -0.123. The van der Waals surface area contributed by atoms with Crippen molar-refractivity contribution in [2.45, 2.75) is 33.6 Å². The number of para-hydroxylation sites is 1. The van der Waals surface area contributed by atoms with Crippen LogP contribution in [0.2, 0.25) is 0 Å². The molecule has 3 N–H and O–H groups in total. The third-order valence-electron chi connectivity index (χ3n) is 4.94. The molecule has 0 saturated carbocycles. The van der Waals surface area contributed by atoms with Crippen LogP contribution in [0, 0.1) is 13.8 Å². The minimum atomic E-state index is -0.380. The van der Waals surface area contributed by atoms with E-state index in [4.69, 9.17) is 5.11 Å². The first-order valence-corrected chi connectivity index (χ1v) is 9.59. The molecular weight excluding hydrogens is 368 g/mol. The van der Waals surface area contributed by atoms with E-state index < -0.39 is 0 Å². The highest BCUT2D eigenvalue weighted by Gasteiger charge is 2.29. The van der Waals surface area contributed by atoms with E-state index in [9.17, 15) is 9.90 Å². The molecule has 0 radical (unpaired) electrons. The SMILES string of the molecule is CC1=NN(CCO)C(=O)/C1=N\Nc1cccc(CCc2cc(C)ccc2C)c1O. The fourth-order valence-corrected chi connectivity index (χ4v) is 3.26. The zero-order valence-electron chi connectivity index (χ0n) is 16.9. The van der Waals surface area contributed by atoms with Crippen molar-refractivity contribution in [2.75, 3.05) is 18.6 Å². The second-order valence-electron chi connectivity index (χ2n) is 7.15. The van der Waals surface area contributed by atoms with Gasteiger partial charge >= 0.3 is 0 Å². The number of aliphatic hydroxyl groups excluding tert-OH is 1. The van der Waals surface area contributed by atoms with Crippen molar-refractivity contribution in [3.8, 4) is 5.75 Å². The quantitative estimate of drug-likeness (QED) is 0.497. The number of nitrogens with one attached hydrogen (secondary N) is 1. The minimum Gasteiger partial charge on any atom is -0.505 e. The molecule has 0 saturated heterocycles. The van der Waals surface area contributed by atoms with Gasteiger partial charge in [-0.2, -0.15) is 10.2 Å². The van der Waals surface area contributed by atoms with Gasteiger partial charge in [0.05, 0.1) is 24.6 Å². The Hall–Kier alpha value is -3.19. The number of hydrazone groups is 2. The van der Waals surface area contributed by atoms with Crippen LogP contribution < -0.4 is 5.43 Å². The van der Waals surface area contributed by atoms with Crippen molar-refractivity contribution < 1.29 is 15.0 Å². The van der Waals surface area contributed by atoms with Crippen molar-refractivity contribution in [1.29, 1.82) is 0 Å². The summed E-state index contributed by atoms with van der Waals surface area (Å²) in [6, 6.07) is 11.8. The summed E-state index contributed by atoms with van der Waals surface area (Å²) in [6.45, 7) is 5.78. The van der Waals surface area contributed by atoms with Crippen LogP contribution in [0.25, 0.3) is 0 Å². The Bertz CT molecular complexity index is 982. The molecule has 2 aromatic rings. The summed E-state index contributed by atoms with van der Waals surface area (Å²) in [5, 5.41) is 29.0. The standard InChI is InChI=1S/C22H26N4O3/c1-14-7-8-15(2)18(13-14)10-9-17-5-4-6-19(21(17)28)23-24-20-16(3)25-26(11-12-27)22(20)29/h4-8,13,23,27-28H,9-12H2,1-3H3/b24-20-. The Balaban J connectivity index is 1.73. The lowest BCUT2D eigenvalue weighted by Gasteiger charge is -2.11. The summed E-state index contributed by atoms with van der Waals surface area (Å²) < 4.78 is 0. The summed E-state index contributed by atoms with van der Waals surface area (Å²) in [5.41, 5.74) is 8.36. The van der Waals surface area contributed by atoms with Gasteiger partial charge in [0.2, 0.25) is 0 Å². The number of aliphatic hydroxyl groups is 1. The Kier molecular flexibility index (Phi) is 6.29. The van der Waals surface area contributed by atoms with Crippen LogP contribution >= 0.6 is 0 Å². The van der Waals surface area contributed by atoms with Crippen LogP contribution in [-0.2, 0) is 17.6 Å². The average molecular weight is 394 g/mol. The molecule has 152 valence electrons. The molecule has 7 nitrogen and oxygen atoms in total. The molecule has 0 fully saturated rings. The lowest BCUT2D eigenvalue weighted by Crippen LogP contribution is -2.30. The van der Waals surface area contributed by atoms with E-state index in [1.807, 2.05) is 12.1 Å². The number of anilines is 1. The van der Waals surface area contributed by atoms with Crippen molar-refractivity contribution in [3.63, 3.8) is 0 Å². The van der Waals surface area contributed by atoms with Crippen LogP contribution in [0.5, 0.6) is 5.75 Å². The van der Waals surface area contributed by atoms with E-state index >= 15 is 0 Å². The molecule has 0 unspecified atom stereocenters. The van der Waals surface area contributed by atoms with Crippen LogP contribution in [-0.4, -0.2) is 45.7 Å². The maximum atomic E-state index is 12.3. The van der Waals surface area contributed by atoms with Gasteiger partial charge in [-0.05, 0) is 56.4 Å². The molecule has 2 aromatic carbocycles. The van der Waals surface area contributed by atoms with Crippen molar-refractivity contribution in [2.24, 2.45) is 10.2 Å². The molecule has 0 aliphatic carbocycles. The normalized spacial score (nSPS) is 15.2. The molecule has 0 spiro atoms. The van der Waals surface area contributed by atoms with E-state index in [1.54, 1.807) is 13.0 Å². The highest BCUT2D eigenvalue weighted by molar-refractivity contribution is 6.68. The van der Waals surface area contributed by atoms with Crippen molar-refractivity contribution >= 4 is 23.0 Å². The number of benzene rings is 2. The molecular formula is C22H26N4O3. The second-order valence-corrected chi connectivity index (χ2v) is 7.15. The number of hydrogen-bond acceptors (Lipinski definition) is 6. The van der Waals surface area contributed by atoms with Gasteiger partial charge in [0.25, 0.3) is 5.91 Å². The monoisotopic (exact) mass is 394 g/mol. The van der Waals surface area contributed by atoms with E-state index in [2.05, 4.69) is 47.7 Å². The van der Waals surface area contributed by atoms with Crippen LogP contribution in [0.3, 0.4) is 0 Å². The molecule has 0 aromatic heterocycles. The van der Waals surface area contributed by atoms with Crippen molar-refractivity contribution in [1.82, 2.24) is 5.01 Å². The number of nitrogens with zero attached hydrogens (tertiary/aromatic N) is 3. The first-order valence-electron chi connectivity index (χ1n) is 9.59. The average Bonchev–Trinajstić information content (AvgIpc) is 2.96. The summed E-state index contributed by atoms with van der Waals surface area (Å²) in [4.78, 5) is 12.3. The Labute approximate surface area is 170 Å². The van der Waals surface area contributed by atoms with E-state index in [0.717, 1.165) is 12.0 Å². The third kappa shape index (κ3) is 4.63. The van der Waals surface area contributed by atoms with Gasteiger partial charge in [-0.1, -0.05) is 35.9 Å². The Morgan fingerprint density at radius 1 is 1.10 bits per heavy atom. The number of phenolic OH excluding ortho intramolecular Hbond substituents is 1. The molecule has 1 amide bonds. The van der Waals surface area contributed by atoms with Gasteiger partial charge in [0.15, 0.2) is 5.71 Å². The van der Waals surface area contributed by atoms with Crippen LogP contribution in [0.15, 0.2) is 46.6 Å². The molecule has 0 atom stereocenters. The number of aryl methyl sites for hydroxylation is 4. The fourth-order valence-electron chi connectivity index (χ4n) is 3.26. The minimum absolute atomic E-state index is 0.119. The van der Waals surface area contributed by atoms with Gasteiger partial charge in [-0.3, -0.25) is 10.2 Å². The molecule has 3 rings (SSSR count). The van der Waals surface area contributed by atoms with Crippen LogP contribution in [0.4, 0.5) is 5.69 Å². The van der Waals surface area contributed by atoms with Gasteiger partial charge in [0.1, 0.15) is 5.75 Å². The number of carbonyl (C=O) groups is 1. The zero-order chi connectivity index (χ0) is 21.0. The summed E-state index contributed by atoms with van der Waals surface area (Å²) in [6.07, 6.45) is 1.51. The highest BCUT2D eigenvalue weighted by Crippen LogP contribution is 2.29. The maximum absolute atomic E-state index is 12.3. The van der Waals surface area contributed by atoms with Gasteiger partial charge < -0.3 is 10.2 Å². The number of amides is 1. The largest absolute Gasteiger partial charge is 0.505 e. The topological polar surface area (TPSA) is 97.5 Å². The van der Waals surface area contributed by atoms with Crippen molar-refractivity contribution in [3.05, 3.63) is 58.7 Å². The first-order chi connectivity index (χ1) is 13.9. The van der Waals surface area contributed by atoms with Gasteiger partial charge in [-0.25, -0.2) is 5.01 Å². The highest BCUT2D eigenvalue weighted by atomic mass is 16.3. The fraction of sp³-hybridized carbons (Fsp3) is 0.318. The number of aromatic hydroxyl groups is 1. The number of rotatable bonds is 7. The summed E-state index contributed by atoms with van der Waals surface area (Å²) >= 11 is 0. The molecule has 1 heterocycles. The number of carbonyl (C=O) groups excluding carboxylic acids is 1. The predicted molar refractivity (Wildman–Crippen MR) is 114 cm³/mol. The summed E-state index contributed by atoms with van der Waals surface area (Å²) in [5.74, 6) is -0.260. The number of hydrogen-bond donors (Lipinski definition) is 3. The van der Waals surface area contributed by atoms with E-state index in [0.29, 0.717) is 17.8 Å². The second kappa shape index (κ2) is 8.87. The molecule has 1 aliphatic rings. The Morgan fingerprint density at radius 2 is 1.86 bits per heavy atom. The number of β-amino-alcohol motifs (C(OH)–C–C–N with tert-alkyl or cyclic N) is 1. The molecule has 7 heteroatoms. The lowest BCUT2D eigenvalue weighted by atomic mass is 9.98. The number of phenols is 1. The van der Waals surface area contributed by atoms with E-state index in [1.165, 1.54) is 21.7 Å². The maximum Gasteiger partial charge on any atom is 0.296 e. The first kappa shape index (κ1) is 20.5. The predicted octanol–water partition coefficient (Wildman–Crippen LogP) is 2.77. The van der Waals surface area contributed by atoms with Gasteiger partial charge in [-0.15, -0.1) is 0 Å². The third-order valence-corrected chi connectivity index (χ3v) is 4.94. The zero-order valence-corrected chi connectivity index (χ0v) is 16.9. The molecule has 1 aliphatic heterocycles. The van der Waals surface area contributed by atoms with Gasteiger partial charge in [0, 0.05) is 0 Å². The molecule has 29 heavy (non-hydrogen) atoms. The van der Waals surface area contributed by atoms with E-state index in [-0.39, 0.29) is 30.5 Å².